The molecular weight excluding hydrogens is 396 g/mol. The number of hydrogen-bond acceptors (Lipinski definition) is 6. The molecule has 2 N–H and O–H groups in total. The molecule has 160 valence electrons. The summed E-state index contributed by atoms with van der Waals surface area (Å²) < 4.78 is 9.95. The molecule has 31 heavy (non-hydrogen) atoms. The van der Waals surface area contributed by atoms with Crippen LogP contribution in [0.4, 0.5) is 5.69 Å². The lowest BCUT2D eigenvalue weighted by atomic mass is 10.1. The largest absolute Gasteiger partial charge is 0.419 e. The van der Waals surface area contributed by atoms with Gasteiger partial charge in [0.15, 0.2) is 11.0 Å². The zero-order chi connectivity index (χ0) is 22.6. The molecule has 1 saturated heterocycles. The van der Waals surface area contributed by atoms with Gasteiger partial charge in [-0.3, -0.25) is 4.79 Å². The van der Waals surface area contributed by atoms with Gasteiger partial charge in [0.1, 0.15) is 0 Å². The highest BCUT2D eigenvalue weighted by molar-refractivity contribution is 6.15. The van der Waals surface area contributed by atoms with E-state index in [1.807, 2.05) is 56.3 Å². The summed E-state index contributed by atoms with van der Waals surface area (Å²) in [6.45, 7) is 6.96. The van der Waals surface area contributed by atoms with E-state index in [0.717, 1.165) is 27.7 Å². The van der Waals surface area contributed by atoms with Crippen molar-refractivity contribution in [3.05, 3.63) is 87.9 Å². The third kappa shape index (κ3) is 5.60. The minimum Gasteiger partial charge on any atom is -0.419 e. The van der Waals surface area contributed by atoms with Crippen LogP contribution in [-0.4, -0.2) is 22.7 Å². The van der Waals surface area contributed by atoms with Crippen LogP contribution in [0, 0.1) is 13.8 Å². The number of ether oxygens (including phenoxy) is 2. The number of hydrogen-bond donors (Lipinski definition) is 2. The number of fused-ring (bicyclic) bond motifs is 1. The minimum atomic E-state index is -1.21. The molecule has 0 saturated carbocycles. The average molecular weight is 420 g/mol. The van der Waals surface area contributed by atoms with E-state index in [0.29, 0.717) is 0 Å². The molecule has 4 rings (SSSR count). The number of benzene rings is 2. The number of H-pyrrole nitrogens is 1. The molecule has 0 bridgehead atoms. The van der Waals surface area contributed by atoms with Gasteiger partial charge in [-0.1, -0.05) is 29.3 Å². The lowest BCUT2D eigenvalue weighted by Crippen LogP contribution is -2.42. The van der Waals surface area contributed by atoms with E-state index in [4.69, 9.17) is 9.47 Å². The number of aryl methyl sites for hydroxylation is 2. The number of aromatic amines is 1. The molecule has 3 aromatic rings. The highest BCUT2D eigenvalue weighted by Crippen LogP contribution is 2.22. The van der Waals surface area contributed by atoms with E-state index in [1.54, 1.807) is 12.3 Å². The summed E-state index contributed by atoms with van der Waals surface area (Å²) in [5, 5.41) is 3.63. The van der Waals surface area contributed by atoms with E-state index in [1.165, 1.54) is 20.0 Å². The Balaban J connectivity index is 0.000000194. The van der Waals surface area contributed by atoms with Gasteiger partial charge >= 0.3 is 11.9 Å². The molecule has 0 amide bonds. The van der Waals surface area contributed by atoms with Crippen molar-refractivity contribution in [1.82, 2.24) is 4.98 Å². The maximum Gasteiger partial charge on any atom is 0.350 e. The Labute approximate surface area is 179 Å². The normalized spacial score (nSPS) is 14.8. The summed E-state index contributed by atoms with van der Waals surface area (Å²) in [6.07, 6.45) is 2.96. The summed E-state index contributed by atoms with van der Waals surface area (Å²) in [6, 6.07) is 14.9. The van der Waals surface area contributed by atoms with Crippen LogP contribution in [-0.2, 0) is 19.1 Å². The maximum atomic E-state index is 11.7. The molecule has 1 aliphatic rings. The van der Waals surface area contributed by atoms with Crippen molar-refractivity contribution in [2.24, 2.45) is 0 Å². The summed E-state index contributed by atoms with van der Waals surface area (Å²) >= 11 is 0. The van der Waals surface area contributed by atoms with Crippen LogP contribution >= 0.6 is 0 Å². The summed E-state index contributed by atoms with van der Waals surface area (Å²) in [5.74, 6) is -2.60. The van der Waals surface area contributed by atoms with E-state index in [-0.39, 0.29) is 11.0 Å². The Morgan fingerprint density at radius 2 is 1.48 bits per heavy atom. The van der Waals surface area contributed by atoms with Crippen LogP contribution in [0.15, 0.2) is 71.3 Å². The number of esters is 2. The molecule has 0 radical (unpaired) electrons. The summed E-state index contributed by atoms with van der Waals surface area (Å²) in [7, 11) is 0. The first-order valence-corrected chi connectivity index (χ1v) is 9.73. The predicted octanol–water partition coefficient (Wildman–Crippen LogP) is 3.96. The van der Waals surface area contributed by atoms with E-state index in [9.17, 15) is 14.4 Å². The first kappa shape index (κ1) is 21.8. The lowest BCUT2D eigenvalue weighted by Gasteiger charge is -2.29. The van der Waals surface area contributed by atoms with Gasteiger partial charge in [-0.25, -0.2) is 9.59 Å². The van der Waals surface area contributed by atoms with E-state index < -0.39 is 17.7 Å². The van der Waals surface area contributed by atoms with Crippen LogP contribution in [0.1, 0.15) is 25.0 Å². The van der Waals surface area contributed by atoms with Gasteiger partial charge in [0.25, 0.3) is 5.79 Å². The summed E-state index contributed by atoms with van der Waals surface area (Å²) in [5.41, 5.74) is 3.82. The molecule has 7 heteroatoms. The van der Waals surface area contributed by atoms with Gasteiger partial charge in [-0.2, -0.15) is 0 Å². The van der Waals surface area contributed by atoms with Crippen molar-refractivity contribution in [2.45, 2.75) is 33.5 Å². The molecule has 0 atom stereocenters. The van der Waals surface area contributed by atoms with Crippen molar-refractivity contribution in [3.8, 4) is 0 Å². The standard InChI is InChI=1S/C14H15NO4.C10H9NO/c1-9-4-6-10(7-5-9)15-8-11-12(16)18-14(2,3)19-13(11)17;1-7-2-3-9-8(6-7)10(12)4-5-11-9/h4-8,15H,1-3H3;2-6H,1H3,(H,11,12). The zero-order valence-corrected chi connectivity index (χ0v) is 17.8. The van der Waals surface area contributed by atoms with Crippen molar-refractivity contribution >= 4 is 28.5 Å². The van der Waals surface area contributed by atoms with Gasteiger partial charge in [0.2, 0.25) is 0 Å². The summed E-state index contributed by atoms with van der Waals surface area (Å²) in [4.78, 5) is 37.7. The van der Waals surface area contributed by atoms with Crippen molar-refractivity contribution < 1.29 is 19.1 Å². The highest BCUT2D eigenvalue weighted by atomic mass is 16.7. The molecule has 1 aromatic heterocycles. The number of cyclic esters (lactones) is 2. The van der Waals surface area contributed by atoms with Gasteiger partial charge in [-0.05, 0) is 38.1 Å². The molecule has 2 aromatic carbocycles. The number of rotatable bonds is 2. The van der Waals surface area contributed by atoms with Crippen molar-refractivity contribution in [3.63, 3.8) is 0 Å². The topological polar surface area (TPSA) is 97.5 Å². The number of anilines is 1. The van der Waals surface area contributed by atoms with Crippen LogP contribution in [0.5, 0.6) is 0 Å². The number of aromatic nitrogens is 1. The lowest BCUT2D eigenvalue weighted by molar-refractivity contribution is -0.222. The Morgan fingerprint density at radius 3 is 2.13 bits per heavy atom. The second-order valence-corrected chi connectivity index (χ2v) is 7.64. The first-order chi connectivity index (χ1) is 14.6. The van der Waals surface area contributed by atoms with Gasteiger partial charge in [0, 0.05) is 48.9 Å². The highest BCUT2D eigenvalue weighted by Gasteiger charge is 2.38. The SMILES string of the molecule is Cc1ccc(NC=C2C(=O)OC(C)(C)OC2=O)cc1.Cc1ccc2[nH]ccc(=O)c2c1. The fourth-order valence-electron chi connectivity index (χ4n) is 2.87. The first-order valence-electron chi connectivity index (χ1n) is 9.73. The third-order valence-corrected chi connectivity index (χ3v) is 4.47. The minimum absolute atomic E-state index is 0.0763. The molecule has 7 nitrogen and oxygen atoms in total. The van der Waals surface area contributed by atoms with Crippen LogP contribution < -0.4 is 10.7 Å². The molecule has 0 aliphatic carbocycles. The Morgan fingerprint density at radius 1 is 0.871 bits per heavy atom. The molecule has 0 unspecified atom stereocenters. The van der Waals surface area contributed by atoms with Crippen LogP contribution in [0.25, 0.3) is 10.9 Å². The van der Waals surface area contributed by atoms with E-state index >= 15 is 0 Å². The number of carbonyl (C=O) groups is 2. The van der Waals surface area contributed by atoms with Gasteiger partial charge in [0.05, 0.1) is 0 Å². The second kappa shape index (κ2) is 8.87. The second-order valence-electron chi connectivity index (χ2n) is 7.64. The molecular formula is C24H24N2O5. The number of pyridine rings is 1. The quantitative estimate of drug-likeness (QED) is 0.370. The monoisotopic (exact) mass is 420 g/mol. The number of carbonyl (C=O) groups excluding carboxylic acids is 2. The smallest absolute Gasteiger partial charge is 0.350 e. The van der Waals surface area contributed by atoms with Gasteiger partial charge < -0.3 is 19.8 Å². The number of nitrogens with one attached hydrogen (secondary N) is 2. The average Bonchev–Trinajstić information content (AvgIpc) is 2.69. The fraction of sp³-hybridized carbons (Fsp3) is 0.208. The predicted molar refractivity (Wildman–Crippen MR) is 118 cm³/mol. The van der Waals surface area contributed by atoms with Gasteiger partial charge in [-0.15, -0.1) is 0 Å². The molecule has 1 fully saturated rings. The third-order valence-electron chi connectivity index (χ3n) is 4.47. The van der Waals surface area contributed by atoms with Crippen LogP contribution in [0.2, 0.25) is 0 Å². The molecule has 2 heterocycles. The Kier molecular flexibility index (Phi) is 6.25. The van der Waals surface area contributed by atoms with E-state index in [2.05, 4.69) is 10.3 Å². The Hall–Kier alpha value is -3.87. The van der Waals surface area contributed by atoms with Crippen molar-refractivity contribution in [2.75, 3.05) is 5.32 Å². The fourth-order valence-corrected chi connectivity index (χ4v) is 2.87. The maximum absolute atomic E-state index is 11.7. The zero-order valence-electron chi connectivity index (χ0n) is 17.8. The van der Waals surface area contributed by atoms with Crippen molar-refractivity contribution in [1.29, 1.82) is 0 Å². The van der Waals surface area contributed by atoms with Crippen LogP contribution in [0.3, 0.4) is 0 Å². The Bertz CT molecular complexity index is 1180. The molecule has 1 aliphatic heterocycles. The molecule has 0 spiro atoms.